The lowest BCUT2D eigenvalue weighted by molar-refractivity contribution is -0.161. The first-order chi connectivity index (χ1) is 9.99. The predicted octanol–water partition coefficient (Wildman–Crippen LogP) is 3.62. The van der Waals surface area contributed by atoms with E-state index in [0.29, 0.717) is 13.2 Å². The van der Waals surface area contributed by atoms with E-state index in [1.54, 1.807) is 0 Å². The molecule has 0 rings (SSSR count). The summed E-state index contributed by atoms with van der Waals surface area (Å²) in [7, 11) is -4.48. The Morgan fingerprint density at radius 1 is 0.857 bits per heavy atom. The van der Waals surface area contributed by atoms with Gasteiger partial charge in [0.05, 0.1) is 0 Å². The summed E-state index contributed by atoms with van der Waals surface area (Å²) in [6, 6.07) is 0. The van der Waals surface area contributed by atoms with Crippen molar-refractivity contribution < 1.29 is 28.3 Å². The van der Waals surface area contributed by atoms with Crippen LogP contribution in [-0.4, -0.2) is 35.9 Å². The zero-order valence-corrected chi connectivity index (χ0v) is 14.2. The van der Waals surface area contributed by atoms with Gasteiger partial charge in [-0.3, -0.25) is 4.52 Å². The predicted molar refractivity (Wildman–Crippen MR) is 82.0 cm³/mol. The van der Waals surface area contributed by atoms with Gasteiger partial charge in [0.1, 0.15) is 6.61 Å². The van der Waals surface area contributed by atoms with E-state index in [9.17, 15) is 4.57 Å². The van der Waals surface area contributed by atoms with E-state index in [1.807, 2.05) is 0 Å². The van der Waals surface area contributed by atoms with Gasteiger partial charge in [0.25, 0.3) is 0 Å². The molecule has 0 heterocycles. The van der Waals surface area contributed by atoms with Gasteiger partial charge in [-0.05, 0) is 12.8 Å². The molecule has 6 nitrogen and oxygen atoms in total. The molecule has 0 saturated carbocycles. The third-order valence-electron chi connectivity index (χ3n) is 2.98. The minimum atomic E-state index is -4.48. The van der Waals surface area contributed by atoms with Crippen molar-refractivity contribution in [1.82, 2.24) is 0 Å². The van der Waals surface area contributed by atoms with Gasteiger partial charge in [-0.2, -0.15) is 0 Å². The first kappa shape index (κ1) is 21.0. The maximum Gasteiger partial charge on any atom is 0.469 e. The van der Waals surface area contributed by atoms with Crippen LogP contribution >= 0.6 is 7.82 Å². The second-order valence-electron chi connectivity index (χ2n) is 5.08. The number of unbranched alkanes of at least 4 members (excludes halogenated alkanes) is 6. The Bertz CT molecular complexity index is 254. The number of phosphoric ester groups is 1. The maximum atomic E-state index is 10.7. The lowest BCUT2D eigenvalue weighted by atomic mass is 10.2. The van der Waals surface area contributed by atoms with Crippen LogP contribution in [0.2, 0.25) is 0 Å². The molecule has 128 valence electrons. The molecule has 0 saturated heterocycles. The van der Waals surface area contributed by atoms with Crippen LogP contribution in [0.15, 0.2) is 0 Å². The van der Waals surface area contributed by atoms with E-state index in [1.165, 1.54) is 0 Å². The minimum absolute atomic E-state index is 0.244. The van der Waals surface area contributed by atoms with E-state index in [2.05, 4.69) is 18.4 Å². The van der Waals surface area contributed by atoms with Gasteiger partial charge in [-0.1, -0.05) is 52.4 Å². The average Bonchev–Trinajstić information content (AvgIpc) is 2.42. The molecule has 2 N–H and O–H groups in total. The van der Waals surface area contributed by atoms with Crippen LogP contribution in [0.5, 0.6) is 0 Å². The summed E-state index contributed by atoms with van der Waals surface area (Å²) in [5.41, 5.74) is 0. The van der Waals surface area contributed by atoms with Crippen LogP contribution in [0.4, 0.5) is 0 Å². The molecular weight excluding hydrogens is 295 g/mol. The molecule has 0 aromatic carbocycles. The highest BCUT2D eigenvalue weighted by molar-refractivity contribution is 7.46. The molecule has 0 amide bonds. The fourth-order valence-corrected chi connectivity index (χ4v) is 2.11. The first-order valence-corrected chi connectivity index (χ1v) is 9.46. The standard InChI is InChI=1S/C14H31O6P/c1-3-5-7-9-11-18-14(13-20-21(15,16)17)19-12-10-8-6-4-2/h14H,3-13H2,1-2H3,(H2,15,16,17). The molecule has 0 spiro atoms. The average molecular weight is 326 g/mol. The molecule has 0 atom stereocenters. The van der Waals surface area contributed by atoms with Crippen molar-refractivity contribution in [2.75, 3.05) is 19.8 Å². The number of phosphoric acid groups is 1. The number of ether oxygens (including phenoxy) is 2. The summed E-state index contributed by atoms with van der Waals surface area (Å²) in [6.07, 6.45) is 7.91. The highest BCUT2D eigenvalue weighted by Crippen LogP contribution is 2.35. The maximum absolute atomic E-state index is 10.7. The summed E-state index contributed by atoms with van der Waals surface area (Å²) < 4.78 is 26.2. The Labute approximate surface area is 128 Å². The summed E-state index contributed by atoms with van der Waals surface area (Å²) in [5, 5.41) is 0. The molecule has 0 radical (unpaired) electrons. The van der Waals surface area contributed by atoms with Crippen molar-refractivity contribution in [3.05, 3.63) is 0 Å². The zero-order chi connectivity index (χ0) is 16.0. The first-order valence-electron chi connectivity index (χ1n) is 7.93. The molecule has 0 aliphatic heterocycles. The van der Waals surface area contributed by atoms with Crippen LogP contribution in [-0.2, 0) is 18.6 Å². The third kappa shape index (κ3) is 16.2. The molecule has 0 aromatic rings. The SMILES string of the molecule is CCCCCCOC(COP(=O)(O)O)OCCCCCC. The minimum Gasteiger partial charge on any atom is -0.350 e. The molecule has 0 aliphatic carbocycles. The van der Waals surface area contributed by atoms with Crippen molar-refractivity contribution in [3.63, 3.8) is 0 Å². The Morgan fingerprint density at radius 3 is 1.71 bits per heavy atom. The second kappa shape index (κ2) is 13.7. The van der Waals surface area contributed by atoms with Gasteiger partial charge in [0.2, 0.25) is 0 Å². The number of hydrogen-bond acceptors (Lipinski definition) is 4. The molecule has 7 heteroatoms. The van der Waals surface area contributed by atoms with Gasteiger partial charge in [-0.15, -0.1) is 0 Å². The largest absolute Gasteiger partial charge is 0.469 e. The van der Waals surface area contributed by atoms with Crippen molar-refractivity contribution in [2.24, 2.45) is 0 Å². The summed E-state index contributed by atoms with van der Waals surface area (Å²) >= 11 is 0. The van der Waals surface area contributed by atoms with Crippen LogP contribution in [0.3, 0.4) is 0 Å². The Hall–Kier alpha value is 0.0300. The summed E-state index contributed by atoms with van der Waals surface area (Å²) in [6.45, 7) is 5.06. The van der Waals surface area contributed by atoms with E-state index in [-0.39, 0.29) is 6.61 Å². The van der Waals surface area contributed by atoms with Crippen molar-refractivity contribution in [1.29, 1.82) is 0 Å². The molecule has 0 unspecified atom stereocenters. The molecule has 21 heavy (non-hydrogen) atoms. The van der Waals surface area contributed by atoms with Crippen LogP contribution in [0, 0.1) is 0 Å². The van der Waals surface area contributed by atoms with E-state index < -0.39 is 14.1 Å². The molecule has 0 bridgehead atoms. The topological polar surface area (TPSA) is 85.2 Å². The molecule has 0 aromatic heterocycles. The van der Waals surface area contributed by atoms with Crippen molar-refractivity contribution >= 4 is 7.82 Å². The summed E-state index contributed by atoms with van der Waals surface area (Å²) in [5.74, 6) is 0. The second-order valence-corrected chi connectivity index (χ2v) is 6.32. The molecule has 0 fully saturated rings. The highest BCUT2D eigenvalue weighted by Gasteiger charge is 2.19. The smallest absolute Gasteiger partial charge is 0.350 e. The lowest BCUT2D eigenvalue weighted by Crippen LogP contribution is -2.24. The Balaban J connectivity index is 3.88. The van der Waals surface area contributed by atoms with Crippen molar-refractivity contribution in [3.8, 4) is 0 Å². The zero-order valence-electron chi connectivity index (χ0n) is 13.3. The molecular formula is C14H31O6P. The van der Waals surface area contributed by atoms with Crippen LogP contribution in [0.25, 0.3) is 0 Å². The third-order valence-corrected chi connectivity index (χ3v) is 3.47. The van der Waals surface area contributed by atoms with Gasteiger partial charge in [-0.25, -0.2) is 4.57 Å². The number of hydrogen-bond donors (Lipinski definition) is 2. The van der Waals surface area contributed by atoms with Crippen LogP contribution in [0.1, 0.15) is 65.2 Å². The van der Waals surface area contributed by atoms with E-state index in [4.69, 9.17) is 19.3 Å². The van der Waals surface area contributed by atoms with E-state index >= 15 is 0 Å². The quantitative estimate of drug-likeness (QED) is 0.272. The van der Waals surface area contributed by atoms with Crippen LogP contribution < -0.4 is 0 Å². The van der Waals surface area contributed by atoms with Gasteiger partial charge in [0.15, 0.2) is 6.29 Å². The Kier molecular flexibility index (Phi) is 13.7. The monoisotopic (exact) mass is 326 g/mol. The van der Waals surface area contributed by atoms with Crippen molar-refractivity contribution in [2.45, 2.75) is 71.5 Å². The Morgan fingerprint density at radius 2 is 1.33 bits per heavy atom. The van der Waals surface area contributed by atoms with E-state index in [0.717, 1.165) is 51.4 Å². The van der Waals surface area contributed by atoms with Gasteiger partial charge < -0.3 is 19.3 Å². The molecule has 0 aliphatic rings. The van der Waals surface area contributed by atoms with Gasteiger partial charge in [0, 0.05) is 13.2 Å². The lowest BCUT2D eigenvalue weighted by Gasteiger charge is -2.19. The fraction of sp³-hybridized carbons (Fsp3) is 1.00. The summed E-state index contributed by atoms with van der Waals surface area (Å²) in [4.78, 5) is 17.5. The van der Waals surface area contributed by atoms with Gasteiger partial charge >= 0.3 is 7.82 Å². The fourth-order valence-electron chi connectivity index (χ4n) is 1.79. The highest BCUT2D eigenvalue weighted by atomic mass is 31.2. The number of rotatable bonds is 15. The normalized spacial score (nSPS) is 12.2.